The zero-order valence-electron chi connectivity index (χ0n) is 10.4. The summed E-state index contributed by atoms with van der Waals surface area (Å²) in [5.41, 5.74) is 10.1. The normalized spacial score (nSPS) is 15.0. The fourth-order valence-electron chi connectivity index (χ4n) is 1.79. The van der Waals surface area contributed by atoms with Crippen molar-refractivity contribution in [2.75, 3.05) is 0 Å². The summed E-state index contributed by atoms with van der Waals surface area (Å²) in [7, 11) is 0. The van der Waals surface area contributed by atoms with Gasteiger partial charge in [0, 0.05) is 5.54 Å². The summed E-state index contributed by atoms with van der Waals surface area (Å²) in [5.74, 6) is 0. The van der Waals surface area contributed by atoms with Gasteiger partial charge in [0.2, 0.25) is 0 Å². The van der Waals surface area contributed by atoms with Gasteiger partial charge in [-0.05, 0) is 43.9 Å². The van der Waals surface area contributed by atoms with Crippen LogP contribution in [-0.2, 0) is 5.54 Å². The van der Waals surface area contributed by atoms with Crippen LogP contribution in [0.3, 0.4) is 0 Å². The van der Waals surface area contributed by atoms with Crippen LogP contribution in [0.2, 0.25) is 0 Å². The van der Waals surface area contributed by atoms with Crippen molar-refractivity contribution in [2.24, 2.45) is 5.73 Å². The Balaban J connectivity index is 2.89. The molecular formula is C14H23N. The Kier molecular flexibility index (Phi) is 3.92. The summed E-state index contributed by atoms with van der Waals surface area (Å²) in [6, 6.07) is 6.56. The molecule has 0 aliphatic carbocycles. The summed E-state index contributed by atoms with van der Waals surface area (Å²) in [5, 5.41) is 0. The molecule has 0 fully saturated rings. The van der Waals surface area contributed by atoms with Crippen LogP contribution < -0.4 is 5.73 Å². The molecule has 1 unspecified atom stereocenters. The highest BCUT2D eigenvalue weighted by molar-refractivity contribution is 5.33. The van der Waals surface area contributed by atoms with E-state index >= 15 is 0 Å². The lowest BCUT2D eigenvalue weighted by Crippen LogP contribution is -2.32. The molecule has 15 heavy (non-hydrogen) atoms. The standard InChI is InChI=1S/C14H23N/c1-5-6-9-14(4,15)13-8-7-11(2)12(3)10-13/h7-8,10H,5-6,9,15H2,1-4H3. The van der Waals surface area contributed by atoms with Gasteiger partial charge in [0.25, 0.3) is 0 Å². The predicted molar refractivity (Wildman–Crippen MR) is 67.0 cm³/mol. The van der Waals surface area contributed by atoms with E-state index in [1.807, 2.05) is 0 Å². The highest BCUT2D eigenvalue weighted by atomic mass is 14.7. The zero-order valence-corrected chi connectivity index (χ0v) is 10.4. The lowest BCUT2D eigenvalue weighted by Gasteiger charge is -2.26. The molecule has 1 aromatic rings. The highest BCUT2D eigenvalue weighted by Crippen LogP contribution is 2.25. The summed E-state index contributed by atoms with van der Waals surface area (Å²) < 4.78 is 0. The second-order valence-electron chi connectivity index (χ2n) is 4.82. The third-order valence-corrected chi connectivity index (χ3v) is 3.22. The Morgan fingerprint density at radius 2 is 1.87 bits per heavy atom. The molecule has 0 amide bonds. The second-order valence-corrected chi connectivity index (χ2v) is 4.82. The van der Waals surface area contributed by atoms with Crippen molar-refractivity contribution in [1.29, 1.82) is 0 Å². The third-order valence-electron chi connectivity index (χ3n) is 3.22. The number of hydrogen-bond acceptors (Lipinski definition) is 1. The Morgan fingerprint density at radius 3 is 2.40 bits per heavy atom. The van der Waals surface area contributed by atoms with E-state index < -0.39 is 0 Å². The molecule has 0 heterocycles. The third kappa shape index (κ3) is 3.07. The van der Waals surface area contributed by atoms with Crippen LogP contribution in [0.1, 0.15) is 49.8 Å². The molecule has 0 bridgehead atoms. The van der Waals surface area contributed by atoms with E-state index in [1.165, 1.54) is 29.5 Å². The Morgan fingerprint density at radius 1 is 1.20 bits per heavy atom. The van der Waals surface area contributed by atoms with Crippen LogP contribution in [0.5, 0.6) is 0 Å². The molecule has 84 valence electrons. The highest BCUT2D eigenvalue weighted by Gasteiger charge is 2.20. The number of rotatable bonds is 4. The minimum atomic E-state index is -0.172. The molecule has 1 aromatic carbocycles. The van der Waals surface area contributed by atoms with Gasteiger partial charge < -0.3 is 5.73 Å². The average molecular weight is 205 g/mol. The van der Waals surface area contributed by atoms with Gasteiger partial charge in [-0.1, -0.05) is 38.0 Å². The first-order valence-electron chi connectivity index (χ1n) is 5.84. The van der Waals surface area contributed by atoms with Crippen LogP contribution in [0.4, 0.5) is 0 Å². The molecule has 2 N–H and O–H groups in total. The van der Waals surface area contributed by atoms with E-state index in [4.69, 9.17) is 5.73 Å². The maximum atomic E-state index is 6.34. The summed E-state index contributed by atoms with van der Waals surface area (Å²) >= 11 is 0. The molecule has 0 spiro atoms. The monoisotopic (exact) mass is 205 g/mol. The van der Waals surface area contributed by atoms with E-state index in [0.717, 1.165) is 6.42 Å². The van der Waals surface area contributed by atoms with Crippen LogP contribution in [-0.4, -0.2) is 0 Å². The van der Waals surface area contributed by atoms with Gasteiger partial charge in [-0.3, -0.25) is 0 Å². The van der Waals surface area contributed by atoms with Crippen LogP contribution in [0.25, 0.3) is 0 Å². The molecule has 1 heteroatoms. The van der Waals surface area contributed by atoms with Gasteiger partial charge in [0.15, 0.2) is 0 Å². The first-order chi connectivity index (χ1) is 6.97. The Labute approximate surface area is 93.7 Å². The van der Waals surface area contributed by atoms with E-state index in [1.54, 1.807) is 0 Å². The first-order valence-corrected chi connectivity index (χ1v) is 5.84. The number of aryl methyl sites for hydroxylation is 2. The van der Waals surface area contributed by atoms with Crippen molar-refractivity contribution in [3.8, 4) is 0 Å². The number of benzene rings is 1. The second kappa shape index (κ2) is 4.80. The van der Waals surface area contributed by atoms with Crippen molar-refractivity contribution in [3.05, 3.63) is 34.9 Å². The molecule has 1 rings (SSSR count). The number of hydrogen-bond donors (Lipinski definition) is 1. The van der Waals surface area contributed by atoms with E-state index in [-0.39, 0.29) is 5.54 Å². The fourth-order valence-corrected chi connectivity index (χ4v) is 1.79. The molecule has 0 saturated heterocycles. The van der Waals surface area contributed by atoms with Crippen molar-refractivity contribution in [3.63, 3.8) is 0 Å². The van der Waals surface area contributed by atoms with Gasteiger partial charge >= 0.3 is 0 Å². The van der Waals surface area contributed by atoms with Crippen molar-refractivity contribution in [2.45, 2.75) is 52.5 Å². The predicted octanol–water partition coefficient (Wildman–Crippen LogP) is 3.67. The van der Waals surface area contributed by atoms with Crippen molar-refractivity contribution < 1.29 is 0 Å². The van der Waals surface area contributed by atoms with Gasteiger partial charge in [0.1, 0.15) is 0 Å². The molecule has 0 radical (unpaired) electrons. The average Bonchev–Trinajstić information content (AvgIpc) is 2.19. The largest absolute Gasteiger partial charge is 0.322 e. The Hall–Kier alpha value is -0.820. The molecule has 1 nitrogen and oxygen atoms in total. The van der Waals surface area contributed by atoms with Crippen LogP contribution >= 0.6 is 0 Å². The molecule has 0 aliphatic heterocycles. The van der Waals surface area contributed by atoms with Gasteiger partial charge in [0.05, 0.1) is 0 Å². The summed E-state index contributed by atoms with van der Waals surface area (Å²) in [4.78, 5) is 0. The fraction of sp³-hybridized carbons (Fsp3) is 0.571. The maximum Gasteiger partial charge on any atom is 0.0381 e. The lowest BCUT2D eigenvalue weighted by molar-refractivity contribution is 0.433. The lowest BCUT2D eigenvalue weighted by atomic mass is 9.86. The Bertz CT molecular complexity index is 326. The van der Waals surface area contributed by atoms with E-state index in [2.05, 4.69) is 45.9 Å². The van der Waals surface area contributed by atoms with Crippen LogP contribution in [0.15, 0.2) is 18.2 Å². The molecule has 0 aromatic heterocycles. The van der Waals surface area contributed by atoms with E-state index in [9.17, 15) is 0 Å². The van der Waals surface area contributed by atoms with Crippen molar-refractivity contribution >= 4 is 0 Å². The van der Waals surface area contributed by atoms with E-state index in [0.29, 0.717) is 0 Å². The van der Waals surface area contributed by atoms with Gasteiger partial charge in [-0.2, -0.15) is 0 Å². The maximum absolute atomic E-state index is 6.34. The van der Waals surface area contributed by atoms with Gasteiger partial charge in [-0.25, -0.2) is 0 Å². The molecular weight excluding hydrogens is 182 g/mol. The minimum absolute atomic E-state index is 0.172. The summed E-state index contributed by atoms with van der Waals surface area (Å²) in [6.45, 7) is 8.62. The quantitative estimate of drug-likeness (QED) is 0.797. The van der Waals surface area contributed by atoms with Crippen LogP contribution in [0, 0.1) is 13.8 Å². The van der Waals surface area contributed by atoms with Crippen molar-refractivity contribution in [1.82, 2.24) is 0 Å². The smallest absolute Gasteiger partial charge is 0.0381 e. The minimum Gasteiger partial charge on any atom is -0.322 e. The number of nitrogens with two attached hydrogens (primary N) is 1. The SMILES string of the molecule is CCCCC(C)(N)c1ccc(C)c(C)c1. The molecule has 1 atom stereocenters. The summed E-state index contributed by atoms with van der Waals surface area (Å²) in [6.07, 6.45) is 3.46. The zero-order chi connectivity index (χ0) is 11.5. The molecule has 0 aliphatic rings. The number of unbranched alkanes of at least 4 members (excludes halogenated alkanes) is 1. The van der Waals surface area contributed by atoms with Gasteiger partial charge in [-0.15, -0.1) is 0 Å². The molecule has 0 saturated carbocycles. The first kappa shape index (κ1) is 12.3. The topological polar surface area (TPSA) is 26.0 Å².